The summed E-state index contributed by atoms with van der Waals surface area (Å²) in [6, 6.07) is 0. The van der Waals surface area contributed by atoms with Gasteiger partial charge in [-0.25, -0.2) is 0 Å². The number of hydrogen-bond acceptors (Lipinski definition) is 4. The number of unbranched alkanes of at least 4 members (excludes halogenated alkanes) is 16. The third-order valence-electron chi connectivity index (χ3n) is 6.04. The molecular formula is C29H58O4. The van der Waals surface area contributed by atoms with Gasteiger partial charge in [-0.3, -0.25) is 0 Å². The van der Waals surface area contributed by atoms with Gasteiger partial charge >= 0.3 is 0 Å². The molecule has 0 aliphatic rings. The van der Waals surface area contributed by atoms with Crippen LogP contribution in [0.4, 0.5) is 0 Å². The van der Waals surface area contributed by atoms with E-state index in [1.807, 2.05) is 0 Å². The lowest BCUT2D eigenvalue weighted by molar-refractivity contribution is -0.148. The average molecular weight is 471 g/mol. The third-order valence-corrected chi connectivity index (χ3v) is 6.04. The van der Waals surface area contributed by atoms with Gasteiger partial charge in [0.25, 0.3) is 0 Å². The van der Waals surface area contributed by atoms with Crippen LogP contribution in [-0.2, 0) is 18.9 Å². The van der Waals surface area contributed by atoms with E-state index in [0.29, 0.717) is 6.79 Å². The van der Waals surface area contributed by atoms with Gasteiger partial charge in [0.2, 0.25) is 0 Å². The SMILES string of the molecule is CCCCCCCCCCOC(CCCCC=COCOC)OCCCCCCCCCC. The average Bonchev–Trinajstić information content (AvgIpc) is 2.83. The fourth-order valence-corrected chi connectivity index (χ4v) is 3.93. The van der Waals surface area contributed by atoms with Crippen LogP contribution < -0.4 is 0 Å². The zero-order valence-corrected chi connectivity index (χ0v) is 22.6. The van der Waals surface area contributed by atoms with Gasteiger partial charge < -0.3 is 18.9 Å². The lowest BCUT2D eigenvalue weighted by atomic mass is 10.1. The second-order valence-corrected chi connectivity index (χ2v) is 9.35. The molecule has 0 saturated carbocycles. The summed E-state index contributed by atoms with van der Waals surface area (Å²) in [6.07, 6.45) is 29.3. The van der Waals surface area contributed by atoms with Crippen LogP contribution in [0, 0.1) is 0 Å². The summed E-state index contributed by atoms with van der Waals surface area (Å²) in [7, 11) is 1.63. The molecule has 198 valence electrons. The van der Waals surface area contributed by atoms with Gasteiger partial charge in [-0.2, -0.15) is 0 Å². The predicted octanol–water partition coefficient (Wildman–Crippen LogP) is 9.32. The van der Waals surface area contributed by atoms with Crippen molar-refractivity contribution in [3.05, 3.63) is 12.3 Å². The third kappa shape index (κ3) is 27.5. The van der Waals surface area contributed by atoms with E-state index in [0.717, 1.165) is 51.7 Å². The summed E-state index contributed by atoms with van der Waals surface area (Å²) < 4.78 is 22.3. The van der Waals surface area contributed by atoms with Crippen LogP contribution in [0.3, 0.4) is 0 Å². The first-order valence-electron chi connectivity index (χ1n) is 14.3. The van der Waals surface area contributed by atoms with Crippen molar-refractivity contribution in [3.63, 3.8) is 0 Å². The van der Waals surface area contributed by atoms with Crippen LogP contribution in [0.5, 0.6) is 0 Å². The molecule has 4 heteroatoms. The predicted molar refractivity (Wildman–Crippen MR) is 141 cm³/mol. The van der Waals surface area contributed by atoms with E-state index in [4.69, 9.17) is 18.9 Å². The van der Waals surface area contributed by atoms with Gasteiger partial charge in [-0.15, -0.1) is 0 Å². The minimum Gasteiger partial charge on any atom is -0.476 e. The maximum absolute atomic E-state index is 6.14. The summed E-state index contributed by atoms with van der Waals surface area (Å²) in [4.78, 5) is 0. The Morgan fingerprint density at radius 3 is 1.55 bits per heavy atom. The number of hydrogen-bond donors (Lipinski definition) is 0. The maximum atomic E-state index is 6.14. The Morgan fingerprint density at radius 1 is 0.576 bits per heavy atom. The molecule has 0 radical (unpaired) electrons. The summed E-state index contributed by atoms with van der Waals surface area (Å²) in [5, 5.41) is 0. The molecule has 0 rings (SSSR count). The summed E-state index contributed by atoms with van der Waals surface area (Å²) in [5.41, 5.74) is 0. The molecule has 4 nitrogen and oxygen atoms in total. The van der Waals surface area contributed by atoms with Crippen LogP contribution in [-0.4, -0.2) is 33.4 Å². The van der Waals surface area contributed by atoms with E-state index in [9.17, 15) is 0 Å². The standard InChI is InChI=1S/C29H58O4/c1-4-6-8-10-12-14-17-22-26-32-29(24-20-16-19-21-25-31-28-30-3)33-27-23-18-15-13-11-9-7-5-2/h21,25,29H,4-20,22-24,26-28H2,1-3H3. The molecule has 0 heterocycles. The molecule has 0 aliphatic heterocycles. The molecule has 0 aromatic carbocycles. The van der Waals surface area contributed by atoms with Gasteiger partial charge in [-0.05, 0) is 44.6 Å². The van der Waals surface area contributed by atoms with Crippen molar-refractivity contribution < 1.29 is 18.9 Å². The summed E-state index contributed by atoms with van der Waals surface area (Å²) in [6.45, 7) is 6.54. The number of rotatable bonds is 28. The normalized spacial score (nSPS) is 11.8. The molecule has 0 unspecified atom stereocenters. The number of ether oxygens (including phenoxy) is 4. The smallest absolute Gasteiger partial charge is 0.187 e. The zero-order chi connectivity index (χ0) is 24.1. The highest BCUT2D eigenvalue weighted by atomic mass is 16.7. The highest BCUT2D eigenvalue weighted by Gasteiger charge is 2.09. The second-order valence-electron chi connectivity index (χ2n) is 9.35. The summed E-state index contributed by atoms with van der Waals surface area (Å²) in [5.74, 6) is 0. The van der Waals surface area contributed by atoms with Crippen molar-refractivity contribution in [2.24, 2.45) is 0 Å². The lowest BCUT2D eigenvalue weighted by Gasteiger charge is -2.19. The van der Waals surface area contributed by atoms with E-state index < -0.39 is 0 Å². The van der Waals surface area contributed by atoms with E-state index in [1.165, 1.54) is 89.9 Å². The summed E-state index contributed by atoms with van der Waals surface area (Å²) >= 11 is 0. The van der Waals surface area contributed by atoms with Gasteiger partial charge in [0, 0.05) is 20.3 Å². The molecule has 0 aromatic rings. The van der Waals surface area contributed by atoms with E-state index in [-0.39, 0.29) is 6.29 Å². The maximum Gasteiger partial charge on any atom is 0.187 e. The highest BCUT2D eigenvalue weighted by Crippen LogP contribution is 2.14. The fraction of sp³-hybridized carbons (Fsp3) is 0.931. The first-order valence-corrected chi connectivity index (χ1v) is 14.3. The van der Waals surface area contributed by atoms with Gasteiger partial charge in [0.1, 0.15) is 0 Å². The zero-order valence-electron chi connectivity index (χ0n) is 22.6. The molecule has 33 heavy (non-hydrogen) atoms. The van der Waals surface area contributed by atoms with Crippen molar-refractivity contribution >= 4 is 0 Å². The molecule has 0 saturated heterocycles. The minimum atomic E-state index is -0.0344. The fourth-order valence-electron chi connectivity index (χ4n) is 3.93. The van der Waals surface area contributed by atoms with E-state index in [2.05, 4.69) is 19.9 Å². The van der Waals surface area contributed by atoms with Crippen molar-refractivity contribution in [1.29, 1.82) is 0 Å². The van der Waals surface area contributed by atoms with E-state index in [1.54, 1.807) is 13.4 Å². The Hall–Kier alpha value is -0.580. The van der Waals surface area contributed by atoms with Crippen molar-refractivity contribution in [2.45, 2.75) is 149 Å². The lowest BCUT2D eigenvalue weighted by Crippen LogP contribution is -2.19. The monoisotopic (exact) mass is 470 g/mol. The molecule has 0 atom stereocenters. The Morgan fingerprint density at radius 2 is 1.06 bits per heavy atom. The first-order chi connectivity index (χ1) is 16.3. The van der Waals surface area contributed by atoms with E-state index >= 15 is 0 Å². The molecule has 0 amide bonds. The van der Waals surface area contributed by atoms with Crippen molar-refractivity contribution in [1.82, 2.24) is 0 Å². The molecule has 0 aromatic heterocycles. The number of methoxy groups -OCH3 is 1. The Kier molecular flexibility index (Phi) is 28.9. The minimum absolute atomic E-state index is 0.0344. The second kappa shape index (κ2) is 29.5. The molecular weight excluding hydrogens is 412 g/mol. The number of allylic oxidation sites excluding steroid dienone is 1. The largest absolute Gasteiger partial charge is 0.476 e. The Labute approximate surface area is 207 Å². The Bertz CT molecular complexity index is 351. The van der Waals surface area contributed by atoms with Gasteiger partial charge in [0.15, 0.2) is 13.1 Å². The highest BCUT2D eigenvalue weighted by molar-refractivity contribution is 4.72. The van der Waals surface area contributed by atoms with Gasteiger partial charge in [0.05, 0.1) is 6.26 Å². The van der Waals surface area contributed by atoms with Crippen LogP contribution in [0.25, 0.3) is 0 Å². The van der Waals surface area contributed by atoms with Crippen molar-refractivity contribution in [2.75, 3.05) is 27.1 Å². The molecule has 0 spiro atoms. The first kappa shape index (κ1) is 32.4. The molecule has 0 bridgehead atoms. The van der Waals surface area contributed by atoms with Crippen molar-refractivity contribution in [3.8, 4) is 0 Å². The van der Waals surface area contributed by atoms with Gasteiger partial charge in [-0.1, -0.05) is 104 Å². The van der Waals surface area contributed by atoms with Crippen LogP contribution >= 0.6 is 0 Å². The Balaban J connectivity index is 3.89. The topological polar surface area (TPSA) is 36.9 Å². The van der Waals surface area contributed by atoms with Crippen LogP contribution in [0.15, 0.2) is 12.3 Å². The molecule has 0 N–H and O–H groups in total. The van der Waals surface area contributed by atoms with Crippen LogP contribution in [0.1, 0.15) is 142 Å². The molecule has 0 aliphatic carbocycles. The van der Waals surface area contributed by atoms with Crippen LogP contribution in [0.2, 0.25) is 0 Å². The quantitative estimate of drug-likeness (QED) is 0.0648. The molecule has 0 fully saturated rings.